The Balaban J connectivity index is 2.05. The summed E-state index contributed by atoms with van der Waals surface area (Å²) in [6, 6.07) is 5.74. The Bertz CT molecular complexity index is 319. The van der Waals surface area contributed by atoms with Gasteiger partial charge in [-0.05, 0) is 30.7 Å². The zero-order valence-corrected chi connectivity index (χ0v) is 8.32. The van der Waals surface area contributed by atoms with Crippen molar-refractivity contribution in [3.8, 4) is 5.75 Å². The zero-order chi connectivity index (χ0) is 9.97. The van der Waals surface area contributed by atoms with Crippen molar-refractivity contribution in [3.63, 3.8) is 0 Å². The standard InChI is InChI=1S/C11H15NO2/c1-8-6-9(2-3-11(8)12)14-10-4-5-13-7-10/h2-3,6,10H,4-5,7,12H2,1H3. The average molecular weight is 193 g/mol. The van der Waals surface area contributed by atoms with Crippen molar-refractivity contribution >= 4 is 5.69 Å². The van der Waals surface area contributed by atoms with E-state index in [1.54, 1.807) is 0 Å². The molecule has 0 bridgehead atoms. The first-order chi connectivity index (χ1) is 6.75. The number of rotatable bonds is 2. The lowest BCUT2D eigenvalue weighted by atomic mass is 10.2. The van der Waals surface area contributed by atoms with Crippen LogP contribution in [-0.4, -0.2) is 19.3 Å². The number of nitrogen functional groups attached to an aromatic ring is 1. The maximum Gasteiger partial charge on any atom is 0.124 e. The molecule has 0 aliphatic carbocycles. The molecule has 0 saturated carbocycles. The lowest BCUT2D eigenvalue weighted by Gasteiger charge is -2.12. The maximum atomic E-state index is 5.73. The molecular weight excluding hydrogens is 178 g/mol. The van der Waals surface area contributed by atoms with Gasteiger partial charge in [0.15, 0.2) is 0 Å². The van der Waals surface area contributed by atoms with Crippen molar-refractivity contribution in [3.05, 3.63) is 23.8 Å². The van der Waals surface area contributed by atoms with Gasteiger partial charge in [-0.2, -0.15) is 0 Å². The van der Waals surface area contributed by atoms with Gasteiger partial charge in [0, 0.05) is 12.1 Å². The molecule has 76 valence electrons. The van der Waals surface area contributed by atoms with E-state index in [4.69, 9.17) is 15.2 Å². The van der Waals surface area contributed by atoms with Gasteiger partial charge in [-0.25, -0.2) is 0 Å². The highest BCUT2D eigenvalue weighted by Gasteiger charge is 2.17. The van der Waals surface area contributed by atoms with Crippen LogP contribution in [0.5, 0.6) is 5.75 Å². The van der Waals surface area contributed by atoms with E-state index in [0.29, 0.717) is 6.61 Å². The quantitative estimate of drug-likeness (QED) is 0.728. The SMILES string of the molecule is Cc1cc(OC2CCOC2)ccc1N. The van der Waals surface area contributed by atoms with E-state index in [1.165, 1.54) is 0 Å². The molecule has 0 aromatic heterocycles. The van der Waals surface area contributed by atoms with E-state index in [-0.39, 0.29) is 6.10 Å². The molecule has 1 aliphatic heterocycles. The van der Waals surface area contributed by atoms with Crippen LogP contribution in [0.2, 0.25) is 0 Å². The molecule has 3 heteroatoms. The van der Waals surface area contributed by atoms with Gasteiger partial charge in [-0.15, -0.1) is 0 Å². The highest BCUT2D eigenvalue weighted by atomic mass is 16.5. The summed E-state index contributed by atoms with van der Waals surface area (Å²) in [6.45, 7) is 3.48. The molecule has 0 radical (unpaired) electrons. The third-order valence-electron chi connectivity index (χ3n) is 2.43. The van der Waals surface area contributed by atoms with Crippen molar-refractivity contribution in [2.75, 3.05) is 18.9 Å². The summed E-state index contributed by atoms with van der Waals surface area (Å²) < 4.78 is 11.0. The maximum absolute atomic E-state index is 5.73. The van der Waals surface area contributed by atoms with Crippen LogP contribution in [0.15, 0.2) is 18.2 Å². The van der Waals surface area contributed by atoms with E-state index in [1.807, 2.05) is 25.1 Å². The number of aryl methyl sites for hydroxylation is 1. The second-order valence-electron chi connectivity index (χ2n) is 3.62. The van der Waals surface area contributed by atoms with E-state index in [0.717, 1.165) is 30.0 Å². The summed E-state index contributed by atoms with van der Waals surface area (Å²) >= 11 is 0. The molecule has 0 amide bonds. The molecule has 1 aromatic rings. The lowest BCUT2D eigenvalue weighted by Crippen LogP contribution is -2.15. The molecule has 2 N–H and O–H groups in total. The van der Waals surface area contributed by atoms with Crippen LogP contribution in [0, 0.1) is 6.92 Å². The predicted molar refractivity (Wildman–Crippen MR) is 55.4 cm³/mol. The van der Waals surface area contributed by atoms with Crippen LogP contribution in [0.1, 0.15) is 12.0 Å². The molecule has 1 fully saturated rings. The minimum absolute atomic E-state index is 0.207. The van der Waals surface area contributed by atoms with Crippen LogP contribution in [0.4, 0.5) is 5.69 Å². The fourth-order valence-corrected chi connectivity index (χ4v) is 1.52. The van der Waals surface area contributed by atoms with Gasteiger partial charge in [0.2, 0.25) is 0 Å². The molecule has 1 aliphatic rings. The number of benzene rings is 1. The summed E-state index contributed by atoms with van der Waals surface area (Å²) in [5.74, 6) is 0.882. The number of nitrogens with two attached hydrogens (primary N) is 1. The van der Waals surface area contributed by atoms with Crippen molar-refractivity contribution in [1.82, 2.24) is 0 Å². The Kier molecular flexibility index (Phi) is 2.59. The Morgan fingerprint density at radius 3 is 3.00 bits per heavy atom. The fourth-order valence-electron chi connectivity index (χ4n) is 1.52. The van der Waals surface area contributed by atoms with Crippen LogP contribution < -0.4 is 10.5 Å². The van der Waals surface area contributed by atoms with Crippen molar-refractivity contribution in [2.45, 2.75) is 19.4 Å². The summed E-state index contributed by atoms with van der Waals surface area (Å²) in [5.41, 5.74) is 7.58. The third-order valence-corrected chi connectivity index (χ3v) is 2.43. The second kappa shape index (κ2) is 3.88. The van der Waals surface area contributed by atoms with Gasteiger partial charge in [-0.1, -0.05) is 0 Å². The Hall–Kier alpha value is -1.22. The highest BCUT2D eigenvalue weighted by molar-refractivity contribution is 5.49. The number of ether oxygens (including phenoxy) is 2. The molecule has 2 rings (SSSR count). The summed E-state index contributed by atoms with van der Waals surface area (Å²) in [4.78, 5) is 0. The summed E-state index contributed by atoms with van der Waals surface area (Å²) in [7, 11) is 0. The molecule has 1 aromatic carbocycles. The fraction of sp³-hybridized carbons (Fsp3) is 0.455. The van der Waals surface area contributed by atoms with E-state index in [9.17, 15) is 0 Å². The van der Waals surface area contributed by atoms with Gasteiger partial charge < -0.3 is 15.2 Å². The average Bonchev–Trinajstić information content (AvgIpc) is 2.64. The lowest BCUT2D eigenvalue weighted by molar-refractivity contribution is 0.141. The van der Waals surface area contributed by atoms with E-state index in [2.05, 4.69) is 0 Å². The van der Waals surface area contributed by atoms with Gasteiger partial charge in [0.1, 0.15) is 11.9 Å². The number of hydrogen-bond acceptors (Lipinski definition) is 3. The minimum atomic E-state index is 0.207. The number of hydrogen-bond donors (Lipinski definition) is 1. The molecule has 14 heavy (non-hydrogen) atoms. The monoisotopic (exact) mass is 193 g/mol. The molecule has 1 saturated heterocycles. The van der Waals surface area contributed by atoms with Gasteiger partial charge >= 0.3 is 0 Å². The first-order valence-corrected chi connectivity index (χ1v) is 4.86. The summed E-state index contributed by atoms with van der Waals surface area (Å²) in [5, 5.41) is 0. The first-order valence-electron chi connectivity index (χ1n) is 4.86. The minimum Gasteiger partial charge on any atom is -0.488 e. The Labute approximate surface area is 83.8 Å². The van der Waals surface area contributed by atoms with Crippen LogP contribution in [0.3, 0.4) is 0 Å². The normalized spacial score (nSPS) is 21.1. The van der Waals surface area contributed by atoms with Crippen LogP contribution in [-0.2, 0) is 4.74 Å². The van der Waals surface area contributed by atoms with Crippen molar-refractivity contribution < 1.29 is 9.47 Å². The molecule has 3 nitrogen and oxygen atoms in total. The Morgan fingerprint density at radius 1 is 1.50 bits per heavy atom. The van der Waals surface area contributed by atoms with Crippen LogP contribution in [0.25, 0.3) is 0 Å². The zero-order valence-electron chi connectivity index (χ0n) is 8.32. The molecule has 0 spiro atoms. The molecule has 1 atom stereocenters. The Morgan fingerprint density at radius 2 is 2.36 bits per heavy atom. The molecule has 1 heterocycles. The highest BCUT2D eigenvalue weighted by Crippen LogP contribution is 2.21. The van der Waals surface area contributed by atoms with Crippen molar-refractivity contribution in [2.24, 2.45) is 0 Å². The second-order valence-corrected chi connectivity index (χ2v) is 3.62. The molecule has 1 unspecified atom stereocenters. The van der Waals surface area contributed by atoms with E-state index >= 15 is 0 Å². The summed E-state index contributed by atoms with van der Waals surface area (Å²) in [6.07, 6.45) is 1.18. The van der Waals surface area contributed by atoms with Crippen LogP contribution >= 0.6 is 0 Å². The van der Waals surface area contributed by atoms with E-state index < -0.39 is 0 Å². The smallest absolute Gasteiger partial charge is 0.124 e. The molecular formula is C11H15NO2. The van der Waals surface area contributed by atoms with Gasteiger partial charge in [0.05, 0.1) is 13.2 Å². The van der Waals surface area contributed by atoms with Gasteiger partial charge in [0.25, 0.3) is 0 Å². The topological polar surface area (TPSA) is 44.5 Å². The van der Waals surface area contributed by atoms with Crippen molar-refractivity contribution in [1.29, 1.82) is 0 Å². The predicted octanol–water partition coefficient (Wildman–Crippen LogP) is 1.74. The number of anilines is 1. The van der Waals surface area contributed by atoms with Gasteiger partial charge in [-0.3, -0.25) is 0 Å². The third kappa shape index (κ3) is 1.99. The largest absolute Gasteiger partial charge is 0.488 e. The first kappa shape index (κ1) is 9.34.